The van der Waals surface area contributed by atoms with Crippen molar-refractivity contribution in [3.63, 3.8) is 0 Å². The van der Waals surface area contributed by atoms with E-state index < -0.39 is 0 Å². The maximum atomic E-state index is 5.47. The zero-order chi connectivity index (χ0) is 20.3. The van der Waals surface area contributed by atoms with Crippen LogP contribution in [0.5, 0.6) is 0 Å². The smallest absolute Gasteiger partial charge is 0.165 e. The first-order valence-corrected chi connectivity index (χ1v) is 10.4. The Morgan fingerprint density at radius 2 is 1.71 bits per heavy atom. The molecule has 7 nitrogen and oxygen atoms in total. The molecule has 28 heavy (non-hydrogen) atoms. The third-order valence-corrected chi connectivity index (χ3v) is 5.03. The number of ether oxygens (including phenoxy) is 1. The van der Waals surface area contributed by atoms with Crippen LogP contribution in [0.2, 0.25) is 0 Å². The predicted molar refractivity (Wildman–Crippen MR) is 115 cm³/mol. The van der Waals surface area contributed by atoms with Gasteiger partial charge in [-0.05, 0) is 32.4 Å². The number of morpholine rings is 1. The van der Waals surface area contributed by atoms with Gasteiger partial charge in [-0.3, -0.25) is 4.90 Å². The molecule has 2 aromatic heterocycles. The second-order valence-electron chi connectivity index (χ2n) is 7.90. The molecule has 2 aliphatic rings. The van der Waals surface area contributed by atoms with Crippen LogP contribution in [0.15, 0.2) is 5.57 Å². The molecule has 4 rings (SSSR count). The predicted octanol–water partition coefficient (Wildman–Crippen LogP) is 3.03. The Bertz CT molecular complexity index is 827. The van der Waals surface area contributed by atoms with Crippen molar-refractivity contribution < 1.29 is 4.74 Å². The average Bonchev–Trinajstić information content (AvgIpc) is 2.94. The van der Waals surface area contributed by atoms with E-state index in [9.17, 15) is 0 Å². The molecule has 0 saturated carbocycles. The van der Waals surface area contributed by atoms with Crippen molar-refractivity contribution in [3.8, 4) is 0 Å². The lowest BCUT2D eigenvalue weighted by atomic mass is 10.1. The van der Waals surface area contributed by atoms with Crippen LogP contribution >= 0.6 is 0 Å². The minimum atomic E-state index is 0.596. The number of hydrogen-bond donors (Lipinski definition) is 0. The maximum absolute atomic E-state index is 5.47. The van der Waals surface area contributed by atoms with Crippen molar-refractivity contribution in [2.45, 2.75) is 47.1 Å². The Morgan fingerprint density at radius 3 is 2.32 bits per heavy atom. The third kappa shape index (κ3) is 4.36. The SMILES string of the molecule is CCC.Cc1nc(N2CCOCC2)c2nc(C=C3CN(C(C)C)C3)n(C)c2n1. The van der Waals surface area contributed by atoms with Gasteiger partial charge in [-0.1, -0.05) is 20.3 Å². The van der Waals surface area contributed by atoms with Crippen LogP contribution in [0.1, 0.15) is 45.8 Å². The number of likely N-dealkylation sites (tertiary alicyclic amines) is 1. The molecule has 0 N–H and O–H groups in total. The molecule has 0 radical (unpaired) electrons. The van der Waals surface area contributed by atoms with E-state index in [4.69, 9.17) is 9.72 Å². The number of hydrogen-bond acceptors (Lipinski definition) is 6. The fourth-order valence-electron chi connectivity index (χ4n) is 3.41. The van der Waals surface area contributed by atoms with Gasteiger partial charge < -0.3 is 14.2 Å². The molecule has 2 saturated heterocycles. The number of aromatic nitrogens is 4. The topological polar surface area (TPSA) is 59.3 Å². The first-order valence-electron chi connectivity index (χ1n) is 10.4. The maximum Gasteiger partial charge on any atom is 0.165 e. The van der Waals surface area contributed by atoms with E-state index in [2.05, 4.69) is 58.1 Å². The van der Waals surface area contributed by atoms with Crippen molar-refractivity contribution >= 4 is 23.1 Å². The van der Waals surface area contributed by atoms with E-state index in [0.717, 1.165) is 68.0 Å². The number of anilines is 1. The van der Waals surface area contributed by atoms with Crippen LogP contribution < -0.4 is 4.90 Å². The second-order valence-corrected chi connectivity index (χ2v) is 7.90. The zero-order valence-corrected chi connectivity index (χ0v) is 18.2. The molecule has 7 heteroatoms. The molecular formula is C21H34N6O. The first kappa shape index (κ1) is 20.7. The molecule has 0 amide bonds. The summed E-state index contributed by atoms with van der Waals surface area (Å²) < 4.78 is 7.55. The van der Waals surface area contributed by atoms with Gasteiger partial charge in [0.15, 0.2) is 17.0 Å². The summed E-state index contributed by atoms with van der Waals surface area (Å²) in [5, 5.41) is 0. The molecule has 0 atom stereocenters. The van der Waals surface area contributed by atoms with E-state index in [1.165, 1.54) is 12.0 Å². The monoisotopic (exact) mass is 386 g/mol. The molecular weight excluding hydrogens is 352 g/mol. The van der Waals surface area contributed by atoms with Gasteiger partial charge in [-0.15, -0.1) is 0 Å². The average molecular weight is 387 g/mol. The van der Waals surface area contributed by atoms with Gasteiger partial charge in [0.2, 0.25) is 0 Å². The van der Waals surface area contributed by atoms with Crippen LogP contribution in [0, 0.1) is 6.92 Å². The summed E-state index contributed by atoms with van der Waals surface area (Å²) in [6.45, 7) is 15.9. The van der Waals surface area contributed by atoms with Crippen molar-refractivity contribution in [2.75, 3.05) is 44.3 Å². The van der Waals surface area contributed by atoms with E-state index in [-0.39, 0.29) is 0 Å². The molecule has 2 fully saturated rings. The molecule has 2 aliphatic heterocycles. The summed E-state index contributed by atoms with van der Waals surface area (Å²) >= 11 is 0. The fraction of sp³-hybridized carbons (Fsp3) is 0.667. The van der Waals surface area contributed by atoms with Crippen LogP contribution in [-0.2, 0) is 11.8 Å². The first-order chi connectivity index (χ1) is 13.4. The highest BCUT2D eigenvalue weighted by molar-refractivity contribution is 5.85. The Hall–Kier alpha value is -1.99. The van der Waals surface area contributed by atoms with Crippen LogP contribution in [0.4, 0.5) is 5.82 Å². The van der Waals surface area contributed by atoms with Crippen molar-refractivity contribution in [3.05, 3.63) is 17.2 Å². The van der Waals surface area contributed by atoms with Gasteiger partial charge >= 0.3 is 0 Å². The minimum absolute atomic E-state index is 0.596. The third-order valence-electron chi connectivity index (χ3n) is 5.03. The van der Waals surface area contributed by atoms with E-state index in [0.29, 0.717) is 6.04 Å². The molecule has 0 aliphatic carbocycles. The largest absolute Gasteiger partial charge is 0.378 e. The van der Waals surface area contributed by atoms with Gasteiger partial charge in [-0.2, -0.15) is 0 Å². The summed E-state index contributed by atoms with van der Waals surface area (Å²) in [5.41, 5.74) is 3.22. The van der Waals surface area contributed by atoms with E-state index in [1.807, 2.05) is 14.0 Å². The molecule has 2 aromatic rings. The molecule has 4 heterocycles. The molecule has 0 bridgehead atoms. The Morgan fingerprint density at radius 1 is 1.07 bits per heavy atom. The summed E-state index contributed by atoms with van der Waals surface area (Å²) in [7, 11) is 2.04. The lowest BCUT2D eigenvalue weighted by molar-refractivity contribution is 0.122. The standard InChI is InChI=1S/C18H26N6O.C3H8/c1-12(2)24-10-14(11-24)9-15-21-16-17(22(15)4)19-13(3)20-18(16)23-5-7-25-8-6-23;1-3-2/h9,12H,5-8,10-11H2,1-4H3;3H2,1-2H3. The van der Waals surface area contributed by atoms with Crippen LogP contribution in [-0.4, -0.2) is 69.9 Å². The van der Waals surface area contributed by atoms with Gasteiger partial charge in [0.1, 0.15) is 11.6 Å². The summed E-state index contributed by atoms with van der Waals surface area (Å²) in [6, 6.07) is 0.596. The molecule has 154 valence electrons. The zero-order valence-electron chi connectivity index (χ0n) is 18.2. The van der Waals surface area contributed by atoms with Crippen LogP contribution in [0.25, 0.3) is 17.2 Å². The van der Waals surface area contributed by atoms with Gasteiger partial charge in [0, 0.05) is 39.3 Å². The summed E-state index contributed by atoms with van der Waals surface area (Å²) in [6.07, 6.45) is 3.46. The Balaban J connectivity index is 0.000000706. The molecule has 0 unspecified atom stereocenters. The normalized spacial score (nSPS) is 17.5. The molecule has 0 aromatic carbocycles. The highest BCUT2D eigenvalue weighted by atomic mass is 16.5. The Labute approximate surface area is 168 Å². The quantitative estimate of drug-likeness (QED) is 0.808. The second kappa shape index (κ2) is 9.01. The number of nitrogens with zero attached hydrogens (tertiary/aromatic N) is 6. The lowest BCUT2D eigenvalue weighted by Crippen LogP contribution is -2.44. The van der Waals surface area contributed by atoms with Crippen molar-refractivity contribution in [1.82, 2.24) is 24.4 Å². The molecule has 0 spiro atoms. The van der Waals surface area contributed by atoms with Gasteiger partial charge in [0.25, 0.3) is 0 Å². The summed E-state index contributed by atoms with van der Waals surface area (Å²) in [5.74, 6) is 2.68. The lowest BCUT2D eigenvalue weighted by Gasteiger charge is -2.37. The number of fused-ring (bicyclic) bond motifs is 1. The summed E-state index contributed by atoms with van der Waals surface area (Å²) in [4.78, 5) is 18.9. The van der Waals surface area contributed by atoms with E-state index >= 15 is 0 Å². The van der Waals surface area contributed by atoms with Crippen molar-refractivity contribution in [2.24, 2.45) is 7.05 Å². The Kier molecular flexibility index (Phi) is 6.67. The van der Waals surface area contributed by atoms with Gasteiger partial charge in [-0.25, -0.2) is 15.0 Å². The highest BCUT2D eigenvalue weighted by Crippen LogP contribution is 2.27. The fourth-order valence-corrected chi connectivity index (χ4v) is 3.41. The van der Waals surface area contributed by atoms with Crippen molar-refractivity contribution in [1.29, 1.82) is 0 Å². The van der Waals surface area contributed by atoms with E-state index in [1.54, 1.807) is 0 Å². The highest BCUT2D eigenvalue weighted by Gasteiger charge is 2.24. The van der Waals surface area contributed by atoms with Crippen LogP contribution in [0.3, 0.4) is 0 Å². The minimum Gasteiger partial charge on any atom is -0.378 e. The number of rotatable bonds is 3. The van der Waals surface area contributed by atoms with Gasteiger partial charge in [0.05, 0.1) is 13.2 Å². The number of aryl methyl sites for hydroxylation is 2. The number of imidazole rings is 1.